The molecule has 6 unspecified atom stereocenters. The summed E-state index contributed by atoms with van der Waals surface area (Å²) in [6, 6.07) is 2.74. The Morgan fingerprint density at radius 3 is 2.82 bits per heavy atom. The molecule has 6 rings (SSSR count). The highest BCUT2D eigenvalue weighted by atomic mass is 16.5. The molecule has 8 heteroatoms. The van der Waals surface area contributed by atoms with E-state index in [2.05, 4.69) is 22.8 Å². The number of aliphatic hydroxyl groups excluding tert-OH is 1. The van der Waals surface area contributed by atoms with Crippen molar-refractivity contribution < 1.29 is 28.8 Å². The van der Waals surface area contributed by atoms with Crippen molar-refractivity contribution in [3.05, 3.63) is 11.6 Å². The number of methoxy groups -OCH3 is 2. The van der Waals surface area contributed by atoms with Crippen molar-refractivity contribution in [3.8, 4) is 17.2 Å². The van der Waals surface area contributed by atoms with Gasteiger partial charge >= 0.3 is 5.97 Å². The van der Waals surface area contributed by atoms with Gasteiger partial charge in [0.25, 0.3) is 0 Å². The van der Waals surface area contributed by atoms with Gasteiger partial charge in [-0.05, 0) is 63.7 Å². The van der Waals surface area contributed by atoms with Gasteiger partial charge in [0.1, 0.15) is 6.61 Å². The number of ether oxygens (including phenoxy) is 4. The van der Waals surface area contributed by atoms with Crippen LogP contribution in [0.15, 0.2) is 6.07 Å². The molecule has 0 radical (unpaired) electrons. The maximum Gasteiger partial charge on any atom is 0.302 e. The normalized spacial score (nSPS) is 37.4. The summed E-state index contributed by atoms with van der Waals surface area (Å²) in [5.41, 5.74) is 1.95. The van der Waals surface area contributed by atoms with E-state index in [1.54, 1.807) is 14.2 Å². The fourth-order valence-electron chi connectivity index (χ4n) is 8.44. The van der Waals surface area contributed by atoms with Gasteiger partial charge in [0.05, 0.1) is 38.7 Å². The number of hydrogen-bond acceptors (Lipinski definition) is 8. The summed E-state index contributed by atoms with van der Waals surface area (Å²) < 4.78 is 23.3. The number of aliphatic hydroxyl groups is 1. The molecular formula is C26H36N2O6. The van der Waals surface area contributed by atoms with Crippen molar-refractivity contribution >= 4 is 11.7 Å². The fraction of sp³-hybridized carbons (Fsp3) is 0.731. The molecule has 1 aliphatic carbocycles. The summed E-state index contributed by atoms with van der Waals surface area (Å²) in [6.45, 7) is 6.65. The second kappa shape index (κ2) is 7.65. The molecule has 1 spiro atoms. The minimum Gasteiger partial charge on any atom is -0.493 e. The third kappa shape index (κ3) is 2.64. The highest BCUT2D eigenvalue weighted by Gasteiger charge is 2.71. The first-order valence-electron chi connectivity index (χ1n) is 12.6. The topological polar surface area (TPSA) is 80.7 Å². The summed E-state index contributed by atoms with van der Waals surface area (Å²) in [7, 11) is 3.34. The van der Waals surface area contributed by atoms with Crippen molar-refractivity contribution in [1.82, 2.24) is 4.90 Å². The van der Waals surface area contributed by atoms with Gasteiger partial charge in [0, 0.05) is 29.8 Å². The van der Waals surface area contributed by atoms with Crippen LogP contribution in [0.25, 0.3) is 0 Å². The van der Waals surface area contributed by atoms with Crippen molar-refractivity contribution in [2.75, 3.05) is 45.4 Å². The van der Waals surface area contributed by atoms with Crippen LogP contribution in [0, 0.1) is 5.41 Å². The van der Waals surface area contributed by atoms with Crippen molar-refractivity contribution in [1.29, 1.82) is 0 Å². The van der Waals surface area contributed by atoms with Crippen molar-refractivity contribution in [2.45, 2.75) is 75.6 Å². The standard InChI is InChI=1S/C26H36N2O6/c1-15-14-34-23-21-17(12-18(31-3)22(23)32-4)26-7-10-27-9-5-6-25(24(26)27,8-11-33-16(2)29)20(30)13-19(26)28(15)21/h12,15,19-20,24,30H,5-11,13-14H2,1-4H3. The molecule has 1 N–H and O–H groups in total. The number of fused-ring (bicyclic) bond motifs is 1. The number of carbonyl (C=O) groups is 1. The minimum absolute atomic E-state index is 0.137. The Balaban J connectivity index is 1.55. The lowest BCUT2D eigenvalue weighted by Gasteiger charge is -2.61. The number of carbonyl (C=O) groups excluding carboxylic acids is 1. The Labute approximate surface area is 201 Å². The Hall–Kier alpha value is -2.19. The van der Waals surface area contributed by atoms with Crippen LogP contribution in [-0.2, 0) is 14.9 Å². The summed E-state index contributed by atoms with van der Waals surface area (Å²) >= 11 is 0. The Morgan fingerprint density at radius 2 is 2.09 bits per heavy atom. The maximum atomic E-state index is 11.8. The first-order valence-corrected chi connectivity index (χ1v) is 12.6. The van der Waals surface area contributed by atoms with Gasteiger partial charge in [-0.2, -0.15) is 0 Å². The smallest absolute Gasteiger partial charge is 0.302 e. The Kier molecular flexibility index (Phi) is 5.02. The molecule has 34 heavy (non-hydrogen) atoms. The van der Waals surface area contributed by atoms with Crippen LogP contribution < -0.4 is 19.1 Å². The Bertz CT molecular complexity index is 1020. The van der Waals surface area contributed by atoms with Gasteiger partial charge in [-0.15, -0.1) is 0 Å². The molecule has 1 saturated carbocycles. The molecular weight excluding hydrogens is 436 g/mol. The van der Waals surface area contributed by atoms with E-state index >= 15 is 0 Å². The molecule has 4 heterocycles. The van der Waals surface area contributed by atoms with Crippen LogP contribution in [0.1, 0.15) is 51.5 Å². The molecule has 4 aliphatic heterocycles. The first kappa shape index (κ1) is 22.3. The lowest BCUT2D eigenvalue weighted by Crippen LogP contribution is -2.70. The van der Waals surface area contributed by atoms with Crippen LogP contribution in [0.2, 0.25) is 0 Å². The predicted octanol–water partition coefficient (Wildman–Crippen LogP) is 2.48. The van der Waals surface area contributed by atoms with Crippen molar-refractivity contribution in [3.63, 3.8) is 0 Å². The van der Waals surface area contributed by atoms with E-state index in [0.29, 0.717) is 37.6 Å². The summed E-state index contributed by atoms with van der Waals surface area (Å²) in [6.07, 6.45) is 3.98. The number of esters is 1. The average molecular weight is 473 g/mol. The summed E-state index contributed by atoms with van der Waals surface area (Å²) in [5, 5.41) is 11.8. The van der Waals surface area contributed by atoms with Gasteiger partial charge in [-0.1, -0.05) is 0 Å². The second-order valence-corrected chi connectivity index (χ2v) is 10.8. The third-order valence-corrected chi connectivity index (χ3v) is 9.51. The van der Waals surface area contributed by atoms with Crippen LogP contribution in [-0.4, -0.2) is 80.7 Å². The van der Waals surface area contributed by atoms with E-state index in [9.17, 15) is 9.90 Å². The number of anilines is 1. The molecule has 6 atom stereocenters. The average Bonchev–Trinajstić information content (AvgIpc) is 3.35. The van der Waals surface area contributed by atoms with E-state index in [1.807, 2.05) is 0 Å². The van der Waals surface area contributed by atoms with Crippen LogP contribution in [0.5, 0.6) is 17.2 Å². The molecule has 3 fully saturated rings. The fourth-order valence-corrected chi connectivity index (χ4v) is 8.44. The molecule has 1 aromatic rings. The number of nitrogens with zero attached hydrogens (tertiary/aromatic N) is 2. The lowest BCUT2D eigenvalue weighted by molar-refractivity contribution is -0.150. The zero-order valence-corrected chi connectivity index (χ0v) is 20.6. The molecule has 186 valence electrons. The SMILES string of the molecule is COc1cc2c3c(c1OC)OCC(C)N3C1CC(O)C3(CCOC(C)=O)CCCN4CCC21C43. The number of rotatable bonds is 5. The quantitative estimate of drug-likeness (QED) is 0.655. The van der Waals surface area contributed by atoms with E-state index in [4.69, 9.17) is 18.9 Å². The monoisotopic (exact) mass is 472 g/mol. The molecule has 0 amide bonds. The van der Waals surface area contributed by atoms with Crippen molar-refractivity contribution in [2.24, 2.45) is 5.41 Å². The van der Waals surface area contributed by atoms with E-state index in [1.165, 1.54) is 12.5 Å². The third-order valence-electron chi connectivity index (χ3n) is 9.51. The zero-order valence-electron chi connectivity index (χ0n) is 20.6. The van der Waals surface area contributed by atoms with Crippen LogP contribution in [0.3, 0.4) is 0 Å². The Morgan fingerprint density at radius 1 is 1.26 bits per heavy atom. The molecule has 2 saturated heterocycles. The number of hydrogen-bond donors (Lipinski definition) is 1. The van der Waals surface area contributed by atoms with Gasteiger partial charge in [-0.3, -0.25) is 9.69 Å². The second-order valence-electron chi connectivity index (χ2n) is 10.8. The highest BCUT2D eigenvalue weighted by Crippen LogP contribution is 2.69. The molecule has 1 aromatic carbocycles. The van der Waals surface area contributed by atoms with Crippen LogP contribution in [0.4, 0.5) is 5.69 Å². The largest absolute Gasteiger partial charge is 0.493 e. The highest BCUT2D eigenvalue weighted by molar-refractivity contribution is 5.81. The number of benzene rings is 1. The molecule has 5 aliphatic rings. The van der Waals surface area contributed by atoms with E-state index in [0.717, 1.165) is 43.8 Å². The first-order chi connectivity index (χ1) is 16.4. The molecule has 0 aromatic heterocycles. The molecule has 0 bridgehead atoms. The summed E-state index contributed by atoms with van der Waals surface area (Å²) in [5.74, 6) is 1.86. The maximum absolute atomic E-state index is 11.8. The van der Waals surface area contributed by atoms with Gasteiger partial charge in [-0.25, -0.2) is 0 Å². The van der Waals surface area contributed by atoms with Gasteiger partial charge in [0.15, 0.2) is 11.5 Å². The molecule has 8 nitrogen and oxygen atoms in total. The lowest BCUT2D eigenvalue weighted by atomic mass is 9.51. The van der Waals surface area contributed by atoms with E-state index in [-0.39, 0.29) is 34.9 Å². The zero-order chi connectivity index (χ0) is 23.8. The van der Waals surface area contributed by atoms with Gasteiger partial charge in [0.2, 0.25) is 5.75 Å². The number of piperidine rings is 1. The minimum atomic E-state index is -0.455. The van der Waals surface area contributed by atoms with Gasteiger partial charge < -0.3 is 29.0 Å². The van der Waals surface area contributed by atoms with E-state index < -0.39 is 6.10 Å². The summed E-state index contributed by atoms with van der Waals surface area (Å²) in [4.78, 5) is 16.7. The van der Waals surface area contributed by atoms with Crippen LogP contribution >= 0.6 is 0 Å². The predicted molar refractivity (Wildman–Crippen MR) is 126 cm³/mol.